The van der Waals surface area contributed by atoms with Crippen molar-refractivity contribution in [1.82, 2.24) is 24.8 Å². The number of hydrogen-bond donors (Lipinski definition) is 6. The Labute approximate surface area is 147 Å². The highest BCUT2D eigenvalue weighted by molar-refractivity contribution is 5.81. The van der Waals surface area contributed by atoms with E-state index in [9.17, 15) is 15.0 Å². The highest BCUT2D eigenvalue weighted by atomic mass is 16.6. The number of aliphatic hydroxyl groups is 3. The Bertz CT molecular complexity index is 784. The van der Waals surface area contributed by atoms with Crippen molar-refractivity contribution in [2.24, 2.45) is 0 Å². The van der Waals surface area contributed by atoms with Crippen molar-refractivity contribution < 1.29 is 30.0 Å². The summed E-state index contributed by atoms with van der Waals surface area (Å²) in [7, 11) is 0. The molecule has 1 aliphatic heterocycles. The summed E-state index contributed by atoms with van der Waals surface area (Å²) in [5.74, 6) is -0.954. The largest absolute Gasteiger partial charge is 0.480 e. The van der Waals surface area contributed by atoms with Gasteiger partial charge in [-0.3, -0.25) is 9.36 Å². The molecule has 0 unspecified atom stereocenters. The molecule has 0 aromatic carbocycles. The molecule has 1 saturated heterocycles. The lowest BCUT2D eigenvalue weighted by molar-refractivity contribution is -0.140. The van der Waals surface area contributed by atoms with Crippen LogP contribution in [0.25, 0.3) is 11.2 Å². The first-order valence-corrected chi connectivity index (χ1v) is 7.95. The van der Waals surface area contributed by atoms with E-state index < -0.39 is 36.6 Å². The molecule has 26 heavy (non-hydrogen) atoms. The van der Waals surface area contributed by atoms with E-state index in [1.54, 1.807) is 0 Å². The molecule has 0 amide bonds. The Morgan fingerprint density at radius 1 is 1.35 bits per heavy atom. The number of imidazole rings is 1. The molecule has 3 rings (SSSR count). The number of nitrogens with one attached hydrogen (secondary N) is 1. The van der Waals surface area contributed by atoms with Crippen molar-refractivity contribution in [2.45, 2.75) is 37.0 Å². The van der Waals surface area contributed by atoms with Crippen LogP contribution in [0.1, 0.15) is 12.6 Å². The number of carboxylic acid groups (broad SMARTS) is 1. The molecule has 0 saturated carbocycles. The van der Waals surface area contributed by atoms with E-state index >= 15 is 0 Å². The van der Waals surface area contributed by atoms with E-state index in [0.717, 1.165) is 0 Å². The molecular formula is C14H20N6O6. The van der Waals surface area contributed by atoms with Gasteiger partial charge in [-0.15, -0.1) is 0 Å². The van der Waals surface area contributed by atoms with E-state index in [0.29, 0.717) is 11.2 Å². The third-order valence-electron chi connectivity index (χ3n) is 4.28. The number of anilines is 1. The summed E-state index contributed by atoms with van der Waals surface area (Å²) in [5, 5.41) is 41.2. The van der Waals surface area contributed by atoms with Gasteiger partial charge in [0.05, 0.1) is 6.33 Å². The average molecular weight is 368 g/mol. The summed E-state index contributed by atoms with van der Waals surface area (Å²) in [5.41, 5.74) is 6.41. The molecule has 0 spiro atoms. The van der Waals surface area contributed by atoms with Gasteiger partial charge in [0.1, 0.15) is 36.2 Å². The number of ether oxygens (including phenoxy) is 1. The molecule has 0 radical (unpaired) electrons. The van der Waals surface area contributed by atoms with Crippen LogP contribution in [0.4, 0.5) is 5.82 Å². The maximum atomic E-state index is 11.1. The van der Waals surface area contributed by atoms with Crippen LogP contribution in [0.15, 0.2) is 12.7 Å². The number of hydrogen-bond acceptors (Lipinski definition) is 10. The monoisotopic (exact) mass is 368 g/mol. The average Bonchev–Trinajstić information content (AvgIpc) is 3.15. The molecule has 2 aromatic heterocycles. The number of carbonyl (C=O) groups is 1. The Kier molecular flexibility index (Phi) is 5.29. The molecule has 12 nitrogen and oxygen atoms in total. The smallest absolute Gasteiger partial charge is 0.320 e. The first-order chi connectivity index (χ1) is 12.4. The van der Waals surface area contributed by atoms with Gasteiger partial charge in [-0.25, -0.2) is 15.0 Å². The Hall–Kier alpha value is -2.38. The van der Waals surface area contributed by atoms with E-state index in [-0.39, 0.29) is 25.4 Å². The molecule has 142 valence electrons. The summed E-state index contributed by atoms with van der Waals surface area (Å²) in [6.07, 6.45) is -1.75. The lowest BCUT2D eigenvalue weighted by Crippen LogP contribution is -2.45. The summed E-state index contributed by atoms with van der Waals surface area (Å²) in [4.78, 5) is 23.1. The van der Waals surface area contributed by atoms with Gasteiger partial charge in [-0.05, 0) is 6.42 Å². The van der Waals surface area contributed by atoms with Crippen LogP contribution in [0.3, 0.4) is 0 Å². The highest BCUT2D eigenvalue weighted by Crippen LogP contribution is 2.31. The van der Waals surface area contributed by atoms with Crippen LogP contribution in [0.2, 0.25) is 0 Å². The van der Waals surface area contributed by atoms with Crippen molar-refractivity contribution >= 4 is 23.0 Å². The fraction of sp³-hybridized carbons (Fsp3) is 0.571. The minimum absolute atomic E-state index is 0.00643. The van der Waals surface area contributed by atoms with Crippen molar-refractivity contribution in [1.29, 1.82) is 0 Å². The van der Waals surface area contributed by atoms with E-state index in [4.69, 9.17) is 20.7 Å². The number of fused-ring (bicyclic) bond motifs is 1. The van der Waals surface area contributed by atoms with Gasteiger partial charge in [0.2, 0.25) is 0 Å². The molecule has 0 bridgehead atoms. The number of aromatic nitrogens is 4. The highest BCUT2D eigenvalue weighted by Gasteiger charge is 2.44. The Balaban J connectivity index is 1.75. The predicted octanol–water partition coefficient (Wildman–Crippen LogP) is -2.55. The van der Waals surface area contributed by atoms with Gasteiger partial charge >= 0.3 is 5.97 Å². The third-order valence-corrected chi connectivity index (χ3v) is 4.28. The van der Waals surface area contributed by atoms with Gasteiger partial charge in [0, 0.05) is 13.2 Å². The van der Waals surface area contributed by atoms with Crippen LogP contribution in [0.5, 0.6) is 0 Å². The lowest BCUT2D eigenvalue weighted by atomic mass is 10.1. The van der Waals surface area contributed by atoms with Crippen molar-refractivity contribution in [3.63, 3.8) is 0 Å². The molecule has 2 aromatic rings. The summed E-state index contributed by atoms with van der Waals surface area (Å²) in [6, 6.07) is -0.992. The first kappa shape index (κ1) is 18.4. The number of carboxylic acids is 1. The zero-order chi connectivity index (χ0) is 18.8. The topological polar surface area (TPSA) is 189 Å². The number of nitrogens with zero attached hydrogens (tertiary/aromatic N) is 4. The second-order valence-corrected chi connectivity index (χ2v) is 5.94. The zero-order valence-corrected chi connectivity index (χ0v) is 13.6. The van der Waals surface area contributed by atoms with E-state index in [1.165, 1.54) is 17.2 Å². The van der Waals surface area contributed by atoms with Crippen LogP contribution < -0.4 is 11.1 Å². The quantitative estimate of drug-likeness (QED) is 0.302. The van der Waals surface area contributed by atoms with Crippen LogP contribution in [-0.2, 0) is 9.53 Å². The second-order valence-electron chi connectivity index (χ2n) is 5.94. The summed E-state index contributed by atoms with van der Waals surface area (Å²) >= 11 is 0. The van der Waals surface area contributed by atoms with Crippen LogP contribution >= 0.6 is 0 Å². The SMILES string of the molecule is Nc1ncnc2c1ncn2[C@@H]1O[C@H](CN[C@@H](CCO)C(=O)O)[C@@H](O)[C@H]1O. The molecule has 0 aliphatic carbocycles. The summed E-state index contributed by atoms with van der Waals surface area (Å²) < 4.78 is 7.12. The molecule has 1 fully saturated rings. The standard InChI is InChI=1S/C14H20N6O6/c15-11-8-12(18-4-17-11)20(5-19-8)13-10(23)9(22)7(26-13)3-16-6(1-2-21)14(24)25/h4-7,9-10,13,16,21-23H,1-3H2,(H,24,25)(H2,15,17,18)/t6-,7+,9+,10+,13+/m0/s1. The third kappa shape index (κ3) is 3.32. The minimum Gasteiger partial charge on any atom is -0.480 e. The van der Waals surface area contributed by atoms with E-state index in [2.05, 4.69) is 20.3 Å². The van der Waals surface area contributed by atoms with Crippen molar-refractivity contribution in [3.05, 3.63) is 12.7 Å². The minimum atomic E-state index is -1.28. The van der Waals surface area contributed by atoms with Crippen molar-refractivity contribution in [3.8, 4) is 0 Å². The second kappa shape index (κ2) is 7.47. The molecule has 5 atom stereocenters. The molecule has 7 N–H and O–H groups in total. The van der Waals surface area contributed by atoms with Crippen molar-refractivity contribution in [2.75, 3.05) is 18.9 Å². The van der Waals surface area contributed by atoms with E-state index in [1.807, 2.05) is 0 Å². The maximum Gasteiger partial charge on any atom is 0.320 e. The number of nitrogens with two attached hydrogens (primary N) is 1. The Morgan fingerprint density at radius 3 is 2.81 bits per heavy atom. The number of aliphatic hydroxyl groups excluding tert-OH is 3. The summed E-state index contributed by atoms with van der Waals surface area (Å²) in [6.45, 7) is -0.332. The van der Waals surface area contributed by atoms with Crippen LogP contribution in [-0.4, -0.2) is 83.4 Å². The molecule has 12 heteroatoms. The number of rotatable bonds is 7. The van der Waals surface area contributed by atoms with Crippen LogP contribution in [0, 0.1) is 0 Å². The molecule has 3 heterocycles. The Morgan fingerprint density at radius 2 is 2.12 bits per heavy atom. The normalized spacial score (nSPS) is 27.0. The lowest BCUT2D eigenvalue weighted by Gasteiger charge is -2.19. The molecular weight excluding hydrogens is 348 g/mol. The number of aliphatic carboxylic acids is 1. The first-order valence-electron chi connectivity index (χ1n) is 7.95. The number of nitrogen functional groups attached to an aromatic ring is 1. The van der Waals surface area contributed by atoms with Gasteiger partial charge in [-0.1, -0.05) is 0 Å². The van der Waals surface area contributed by atoms with Gasteiger partial charge in [0.25, 0.3) is 0 Å². The van der Waals surface area contributed by atoms with Gasteiger partial charge in [0.15, 0.2) is 17.7 Å². The van der Waals surface area contributed by atoms with Gasteiger partial charge < -0.3 is 36.2 Å². The predicted molar refractivity (Wildman–Crippen MR) is 86.8 cm³/mol. The zero-order valence-electron chi connectivity index (χ0n) is 13.6. The molecule has 1 aliphatic rings. The van der Waals surface area contributed by atoms with Gasteiger partial charge in [-0.2, -0.15) is 0 Å². The fourth-order valence-electron chi connectivity index (χ4n) is 2.88. The fourth-order valence-corrected chi connectivity index (χ4v) is 2.88. The maximum absolute atomic E-state index is 11.1.